The van der Waals surface area contributed by atoms with Crippen LogP contribution in [0.15, 0.2) is 103 Å². The Hall–Kier alpha value is -3.65. The van der Waals surface area contributed by atoms with E-state index in [1.807, 2.05) is 0 Å². The summed E-state index contributed by atoms with van der Waals surface area (Å²) in [5, 5.41) is 0. The normalized spacial score (nSPS) is 12.1. The molecule has 0 radical (unpaired) electrons. The van der Waals surface area contributed by atoms with Crippen LogP contribution in [0.25, 0.3) is 39.2 Å². The van der Waals surface area contributed by atoms with Gasteiger partial charge < -0.3 is 0 Å². The summed E-state index contributed by atoms with van der Waals surface area (Å²) in [4.78, 5) is 0. The van der Waals surface area contributed by atoms with E-state index in [1.54, 1.807) is 0 Å². The fourth-order valence-electron chi connectivity index (χ4n) is 4.48. The van der Waals surface area contributed by atoms with E-state index in [2.05, 4.69) is 112 Å². The molecule has 4 aromatic carbocycles. The van der Waals surface area contributed by atoms with E-state index in [4.69, 9.17) is 0 Å². The molecule has 1 aromatic heterocycles. The van der Waals surface area contributed by atoms with Crippen molar-refractivity contribution in [2.45, 2.75) is 6.54 Å². The van der Waals surface area contributed by atoms with Crippen LogP contribution >= 0.6 is 0 Å². The summed E-state index contributed by atoms with van der Waals surface area (Å²) < 4.78 is 4.88. The molecule has 132 valence electrons. The second-order valence-electron chi connectivity index (χ2n) is 7.27. The van der Waals surface area contributed by atoms with Crippen LogP contribution in [0.2, 0.25) is 0 Å². The van der Waals surface area contributed by atoms with Crippen LogP contribution in [0.3, 0.4) is 0 Å². The lowest BCUT2D eigenvalue weighted by molar-refractivity contribution is -0.645. The number of rotatable bonds is 2. The molecule has 0 atom stereocenters. The highest BCUT2D eigenvalue weighted by molar-refractivity contribution is 5.84. The maximum Gasteiger partial charge on any atom is 0.295 e. The van der Waals surface area contributed by atoms with Crippen LogP contribution in [-0.4, -0.2) is 4.57 Å². The van der Waals surface area contributed by atoms with Gasteiger partial charge in [0, 0.05) is 11.1 Å². The number of aromatic nitrogens is 2. The van der Waals surface area contributed by atoms with E-state index >= 15 is 0 Å². The summed E-state index contributed by atoms with van der Waals surface area (Å²) in [5.74, 6) is 1.26. The first-order valence-electron chi connectivity index (χ1n) is 9.68. The highest BCUT2D eigenvalue weighted by Gasteiger charge is 2.35. The Balaban J connectivity index is 1.73. The lowest BCUT2D eigenvalue weighted by Crippen LogP contribution is -2.31. The fourth-order valence-corrected chi connectivity index (χ4v) is 4.48. The molecule has 0 aliphatic carbocycles. The number of benzene rings is 4. The first-order valence-corrected chi connectivity index (χ1v) is 9.68. The van der Waals surface area contributed by atoms with Crippen molar-refractivity contribution in [1.29, 1.82) is 0 Å². The highest BCUT2D eigenvalue weighted by Crippen LogP contribution is 2.36. The zero-order chi connectivity index (χ0) is 18.5. The number of hydrogen-bond acceptors (Lipinski definition) is 0. The summed E-state index contributed by atoms with van der Waals surface area (Å²) in [6.45, 7) is 0.923. The van der Waals surface area contributed by atoms with Crippen molar-refractivity contribution in [2.24, 2.45) is 0 Å². The third-order valence-electron chi connectivity index (χ3n) is 5.70. The number of hydrogen-bond donors (Lipinski definition) is 0. The Labute approximate surface area is 163 Å². The van der Waals surface area contributed by atoms with E-state index in [9.17, 15) is 0 Å². The predicted octanol–water partition coefficient (Wildman–Crippen LogP) is 5.61. The van der Waals surface area contributed by atoms with E-state index in [-0.39, 0.29) is 0 Å². The summed E-state index contributed by atoms with van der Waals surface area (Å²) in [5.41, 5.74) is 8.93. The Morgan fingerprint density at radius 1 is 0.607 bits per heavy atom. The highest BCUT2D eigenvalue weighted by atomic mass is 15.2. The smallest absolute Gasteiger partial charge is 0.218 e. The number of fused-ring (bicyclic) bond motifs is 5. The molecule has 2 heteroatoms. The molecule has 6 rings (SSSR count). The molecular formula is C26H19N2+. The molecule has 0 spiro atoms. The second kappa shape index (κ2) is 5.93. The Bertz CT molecular complexity index is 1330. The van der Waals surface area contributed by atoms with Crippen LogP contribution in [0, 0.1) is 0 Å². The lowest BCUT2D eigenvalue weighted by Gasteiger charge is -2.09. The van der Waals surface area contributed by atoms with Crippen LogP contribution in [-0.2, 0) is 6.54 Å². The predicted molar refractivity (Wildman–Crippen MR) is 113 cm³/mol. The molecule has 1 aliphatic rings. The van der Waals surface area contributed by atoms with Crippen molar-refractivity contribution in [3.63, 3.8) is 0 Å². The summed E-state index contributed by atoms with van der Waals surface area (Å²) in [7, 11) is 0. The van der Waals surface area contributed by atoms with Crippen molar-refractivity contribution in [1.82, 2.24) is 4.57 Å². The molecule has 0 N–H and O–H groups in total. The molecule has 0 unspecified atom stereocenters. The average molecular weight is 359 g/mol. The Kier molecular flexibility index (Phi) is 3.26. The van der Waals surface area contributed by atoms with Crippen LogP contribution in [0.1, 0.15) is 5.56 Å². The number of nitrogens with zero attached hydrogens (tertiary/aromatic N) is 2. The number of imidazole rings is 1. The fraction of sp³-hybridized carbons (Fsp3) is 0.0385. The van der Waals surface area contributed by atoms with Gasteiger partial charge in [-0.25, -0.2) is 4.57 Å². The van der Waals surface area contributed by atoms with Crippen molar-refractivity contribution in [3.05, 3.63) is 109 Å². The van der Waals surface area contributed by atoms with E-state index in [1.165, 1.54) is 44.8 Å². The molecule has 0 bridgehead atoms. The lowest BCUT2D eigenvalue weighted by atomic mass is 10.0. The first kappa shape index (κ1) is 15.4. The molecule has 2 nitrogen and oxygen atoms in total. The van der Waals surface area contributed by atoms with Crippen molar-refractivity contribution in [2.75, 3.05) is 0 Å². The van der Waals surface area contributed by atoms with Crippen molar-refractivity contribution >= 4 is 11.0 Å². The van der Waals surface area contributed by atoms with Gasteiger partial charge in [0.25, 0.3) is 5.82 Å². The van der Waals surface area contributed by atoms with Crippen LogP contribution < -0.4 is 4.57 Å². The molecule has 0 saturated carbocycles. The van der Waals surface area contributed by atoms with Gasteiger partial charge in [0.2, 0.25) is 0 Å². The van der Waals surface area contributed by atoms with Crippen molar-refractivity contribution < 1.29 is 4.57 Å². The van der Waals surface area contributed by atoms with Gasteiger partial charge in [-0.3, -0.25) is 0 Å². The molecule has 28 heavy (non-hydrogen) atoms. The minimum atomic E-state index is 0.923. The van der Waals surface area contributed by atoms with Gasteiger partial charge >= 0.3 is 0 Å². The molecular weight excluding hydrogens is 340 g/mol. The van der Waals surface area contributed by atoms with Gasteiger partial charge in [-0.1, -0.05) is 78.9 Å². The first-order chi connectivity index (χ1) is 13.9. The summed E-state index contributed by atoms with van der Waals surface area (Å²) in [6, 6.07) is 36.8. The number of para-hydroxylation sites is 3. The minimum absolute atomic E-state index is 0.923. The monoisotopic (exact) mass is 359 g/mol. The summed E-state index contributed by atoms with van der Waals surface area (Å²) in [6.07, 6.45) is 0. The van der Waals surface area contributed by atoms with Gasteiger partial charge in [-0.2, -0.15) is 4.57 Å². The van der Waals surface area contributed by atoms with Crippen LogP contribution in [0.4, 0.5) is 0 Å². The van der Waals surface area contributed by atoms with E-state index in [0.29, 0.717) is 0 Å². The van der Waals surface area contributed by atoms with Gasteiger partial charge in [0.15, 0.2) is 11.0 Å². The Morgan fingerprint density at radius 3 is 2.18 bits per heavy atom. The van der Waals surface area contributed by atoms with Crippen molar-refractivity contribution in [3.8, 4) is 28.2 Å². The molecule has 0 fully saturated rings. The summed E-state index contributed by atoms with van der Waals surface area (Å²) >= 11 is 0. The molecule has 0 saturated heterocycles. The van der Waals surface area contributed by atoms with Gasteiger partial charge in [0.1, 0.15) is 12.2 Å². The van der Waals surface area contributed by atoms with Gasteiger partial charge in [-0.15, -0.1) is 0 Å². The minimum Gasteiger partial charge on any atom is -0.218 e. The standard InChI is InChI=1S/C26H19N2/c1-2-10-19(11-3-1)21-13-6-7-15-23(21)28-25-17-9-8-16-24(25)27-18-20-12-4-5-14-22(20)26(27)28/h1-17H,18H2/q+1. The quantitative estimate of drug-likeness (QED) is 0.355. The van der Waals surface area contributed by atoms with Crippen LogP contribution in [0.5, 0.6) is 0 Å². The van der Waals surface area contributed by atoms with Gasteiger partial charge in [-0.05, 0) is 29.8 Å². The Morgan fingerprint density at radius 2 is 1.29 bits per heavy atom. The van der Waals surface area contributed by atoms with E-state index < -0.39 is 0 Å². The zero-order valence-electron chi connectivity index (χ0n) is 15.4. The van der Waals surface area contributed by atoms with E-state index in [0.717, 1.165) is 6.54 Å². The topological polar surface area (TPSA) is 8.81 Å². The average Bonchev–Trinajstić information content (AvgIpc) is 3.29. The molecule has 0 amide bonds. The SMILES string of the molecule is c1ccc(-c2ccccc2-n2c3[n+](c4ccccc42)Cc2ccccc2-3)cc1. The molecule has 5 aromatic rings. The third kappa shape index (κ3) is 2.12. The third-order valence-corrected chi connectivity index (χ3v) is 5.70. The molecule has 1 aliphatic heterocycles. The largest absolute Gasteiger partial charge is 0.295 e. The second-order valence-corrected chi connectivity index (χ2v) is 7.27. The molecule has 2 heterocycles. The van der Waals surface area contributed by atoms with Gasteiger partial charge in [0.05, 0.1) is 5.56 Å². The zero-order valence-corrected chi connectivity index (χ0v) is 15.4. The maximum atomic E-state index is 2.45. The maximum absolute atomic E-state index is 2.45.